The molecule has 8 N–H and O–H groups in total. The molecule has 14 nitrogen and oxygen atoms in total. The summed E-state index contributed by atoms with van der Waals surface area (Å²) in [5.74, 6) is 0. The summed E-state index contributed by atoms with van der Waals surface area (Å²) in [7, 11) is 0. The van der Waals surface area contributed by atoms with Crippen LogP contribution < -0.4 is 18.0 Å². The summed E-state index contributed by atoms with van der Waals surface area (Å²) in [6.45, 7) is 18.6. The Morgan fingerprint density at radius 3 is 0.625 bits per heavy atom. The van der Waals surface area contributed by atoms with Crippen LogP contribution in [0, 0.1) is 0 Å². The van der Waals surface area contributed by atoms with Gasteiger partial charge in [0.05, 0.1) is 139 Å². The zero-order chi connectivity index (χ0) is 28.0. The van der Waals surface area contributed by atoms with Crippen LogP contribution in [0.15, 0.2) is 0 Å². The number of nitrogens with two attached hydrogens (primary N) is 1. The fraction of sp³-hybridized carbons (Fsp3) is 1.00. The van der Waals surface area contributed by atoms with Crippen molar-refractivity contribution in [1.29, 1.82) is 0 Å². The zero-order valence-corrected chi connectivity index (χ0v) is 25.7. The van der Waals surface area contributed by atoms with Crippen LogP contribution in [0.1, 0.15) is 22.2 Å². The van der Waals surface area contributed by atoms with Crippen molar-refractivity contribution < 1.29 is 53.5 Å². The molecule has 0 rings (SSSR count). The van der Waals surface area contributed by atoms with Crippen LogP contribution in [0.3, 0.4) is 0 Å². The standard InChI is InChI=1S/C24H51NO11.C2H6.2H3N.H2/c1-2-26-5-6-28-9-10-30-13-14-32-17-18-34-21-22-36-24-23-35-20-19-33-16-15-31-12-11-29-8-7-27-4-3-25;1-2;;;/h2-25H2,1H3;1-2H3;2*1H3;1H. The summed E-state index contributed by atoms with van der Waals surface area (Å²) in [5.41, 5.74) is 5.32. The molecule has 0 spiro atoms. The van der Waals surface area contributed by atoms with E-state index in [0.29, 0.717) is 152 Å². The first kappa shape index (κ1) is 46.4. The van der Waals surface area contributed by atoms with Gasteiger partial charge >= 0.3 is 0 Å². The zero-order valence-electron chi connectivity index (χ0n) is 25.7. The van der Waals surface area contributed by atoms with E-state index in [1.807, 2.05) is 20.8 Å². The van der Waals surface area contributed by atoms with Crippen molar-refractivity contribution >= 4 is 0 Å². The van der Waals surface area contributed by atoms with Gasteiger partial charge in [-0.3, -0.25) is 0 Å². The Bertz CT molecular complexity index is 367. The van der Waals surface area contributed by atoms with Crippen molar-refractivity contribution in [2.45, 2.75) is 20.8 Å². The lowest BCUT2D eigenvalue weighted by Gasteiger charge is -2.09. The van der Waals surface area contributed by atoms with Crippen molar-refractivity contribution in [1.82, 2.24) is 12.3 Å². The molecule has 0 aromatic heterocycles. The monoisotopic (exact) mass is 595 g/mol. The quantitative estimate of drug-likeness (QED) is 0.0927. The van der Waals surface area contributed by atoms with Gasteiger partial charge in [-0.05, 0) is 6.92 Å². The molecule has 0 aliphatic heterocycles. The molecule has 40 heavy (non-hydrogen) atoms. The SMILES string of the molecule is CC.CCOCCOCCOCCOCCOCCOCCOCCOCCOCCOCCOCCN.N.N.[HH]. The number of hydrogen-bond acceptors (Lipinski definition) is 14. The van der Waals surface area contributed by atoms with Crippen LogP contribution in [0.4, 0.5) is 0 Å². The average Bonchev–Trinajstić information content (AvgIpc) is 2.95. The van der Waals surface area contributed by atoms with Crippen molar-refractivity contribution in [3.05, 3.63) is 0 Å². The van der Waals surface area contributed by atoms with E-state index in [1.165, 1.54) is 0 Å². The lowest BCUT2D eigenvalue weighted by Crippen LogP contribution is -2.15. The number of rotatable bonds is 33. The van der Waals surface area contributed by atoms with Gasteiger partial charge in [-0.15, -0.1) is 0 Å². The molecule has 0 unspecified atom stereocenters. The summed E-state index contributed by atoms with van der Waals surface area (Å²) in [6, 6.07) is 0. The van der Waals surface area contributed by atoms with Crippen LogP contribution in [0.5, 0.6) is 0 Å². The van der Waals surface area contributed by atoms with Crippen molar-refractivity contribution in [2.24, 2.45) is 5.73 Å². The summed E-state index contributed by atoms with van der Waals surface area (Å²) >= 11 is 0. The first-order valence-corrected chi connectivity index (χ1v) is 14.0. The van der Waals surface area contributed by atoms with E-state index < -0.39 is 0 Å². The topological polar surface area (TPSA) is 198 Å². The molecule has 0 radical (unpaired) electrons. The molecular formula is C26H65N3O11. The molecule has 0 aromatic carbocycles. The Morgan fingerprint density at radius 1 is 0.325 bits per heavy atom. The molecule has 0 bridgehead atoms. The van der Waals surface area contributed by atoms with E-state index in [1.54, 1.807) is 0 Å². The van der Waals surface area contributed by atoms with Gasteiger partial charge in [0.25, 0.3) is 0 Å². The van der Waals surface area contributed by atoms with Gasteiger partial charge < -0.3 is 70.1 Å². The third-order valence-electron chi connectivity index (χ3n) is 4.19. The Labute approximate surface area is 244 Å². The highest BCUT2D eigenvalue weighted by Crippen LogP contribution is 1.86. The van der Waals surface area contributed by atoms with Crippen LogP contribution >= 0.6 is 0 Å². The third kappa shape index (κ3) is 47.2. The second-order valence-electron chi connectivity index (χ2n) is 7.11. The minimum absolute atomic E-state index is 0. The molecule has 0 aromatic rings. The Hall–Kier alpha value is -0.560. The van der Waals surface area contributed by atoms with Crippen LogP contribution in [0.25, 0.3) is 0 Å². The van der Waals surface area contributed by atoms with Crippen molar-refractivity contribution in [3.8, 4) is 0 Å². The summed E-state index contributed by atoms with van der Waals surface area (Å²) in [5, 5.41) is 0. The highest BCUT2D eigenvalue weighted by molar-refractivity contribution is 4.39. The maximum Gasteiger partial charge on any atom is 0.0701 e. The van der Waals surface area contributed by atoms with Crippen molar-refractivity contribution in [2.75, 3.05) is 152 Å². The first-order valence-electron chi connectivity index (χ1n) is 14.0. The van der Waals surface area contributed by atoms with E-state index in [4.69, 9.17) is 57.8 Å². The molecule has 0 amide bonds. The number of hydrogen-bond donors (Lipinski definition) is 3. The fourth-order valence-electron chi connectivity index (χ4n) is 2.43. The van der Waals surface area contributed by atoms with E-state index in [0.717, 1.165) is 0 Å². The van der Waals surface area contributed by atoms with Gasteiger partial charge in [0, 0.05) is 14.6 Å². The second kappa shape index (κ2) is 48.2. The highest BCUT2D eigenvalue weighted by Gasteiger charge is 1.96. The minimum Gasteiger partial charge on any atom is -0.379 e. The third-order valence-corrected chi connectivity index (χ3v) is 4.19. The molecule has 0 atom stereocenters. The molecule has 0 aliphatic carbocycles. The maximum atomic E-state index is 5.45. The Balaban J connectivity index is -0.000000843. The molecule has 0 heterocycles. The fourth-order valence-corrected chi connectivity index (χ4v) is 2.43. The van der Waals surface area contributed by atoms with E-state index in [-0.39, 0.29) is 13.7 Å². The molecule has 14 heteroatoms. The van der Waals surface area contributed by atoms with E-state index >= 15 is 0 Å². The van der Waals surface area contributed by atoms with Gasteiger partial charge in [0.15, 0.2) is 0 Å². The normalized spacial score (nSPS) is 10.5. The molecular weight excluding hydrogens is 530 g/mol. The maximum absolute atomic E-state index is 5.45. The van der Waals surface area contributed by atoms with Crippen LogP contribution in [-0.4, -0.2) is 152 Å². The summed E-state index contributed by atoms with van der Waals surface area (Å²) in [4.78, 5) is 0. The Morgan fingerprint density at radius 2 is 0.475 bits per heavy atom. The summed E-state index contributed by atoms with van der Waals surface area (Å²) in [6.07, 6.45) is 0. The molecule has 0 saturated carbocycles. The second-order valence-corrected chi connectivity index (χ2v) is 7.11. The lowest BCUT2D eigenvalue weighted by molar-refractivity contribution is -0.0273. The average molecular weight is 596 g/mol. The number of ether oxygens (including phenoxy) is 11. The summed E-state index contributed by atoms with van der Waals surface area (Å²) < 4.78 is 59.1. The Kier molecular flexibility index (Phi) is 55.9. The predicted molar refractivity (Wildman–Crippen MR) is 157 cm³/mol. The van der Waals surface area contributed by atoms with Gasteiger partial charge in [-0.2, -0.15) is 0 Å². The molecule has 0 saturated heterocycles. The van der Waals surface area contributed by atoms with Gasteiger partial charge in [-0.1, -0.05) is 13.8 Å². The van der Waals surface area contributed by atoms with E-state index in [2.05, 4.69) is 0 Å². The smallest absolute Gasteiger partial charge is 0.0701 e. The first-order chi connectivity index (χ1) is 18.9. The molecule has 0 aliphatic rings. The van der Waals surface area contributed by atoms with Crippen LogP contribution in [0.2, 0.25) is 0 Å². The predicted octanol–water partition coefficient (Wildman–Crippen LogP) is 1.74. The van der Waals surface area contributed by atoms with Gasteiger partial charge in [0.1, 0.15) is 0 Å². The van der Waals surface area contributed by atoms with E-state index in [9.17, 15) is 0 Å². The highest BCUT2D eigenvalue weighted by atomic mass is 16.6. The van der Waals surface area contributed by atoms with Gasteiger partial charge in [0.2, 0.25) is 0 Å². The molecule has 250 valence electrons. The lowest BCUT2D eigenvalue weighted by atomic mass is 10.6. The largest absolute Gasteiger partial charge is 0.379 e. The molecule has 0 fully saturated rings. The van der Waals surface area contributed by atoms with Crippen molar-refractivity contribution in [3.63, 3.8) is 0 Å². The minimum atomic E-state index is 0. The van der Waals surface area contributed by atoms with Gasteiger partial charge in [-0.25, -0.2) is 0 Å². The van der Waals surface area contributed by atoms with Crippen LogP contribution in [-0.2, 0) is 52.1 Å².